The second-order valence-corrected chi connectivity index (χ2v) is 6.40. The number of aliphatic carboxylic acids is 1. The molecular weight excluding hydrogens is 367 g/mol. The Bertz CT molecular complexity index is 900. The zero-order valence-corrected chi connectivity index (χ0v) is 15.1. The second-order valence-electron chi connectivity index (χ2n) is 6.40. The number of fused-ring (bicyclic) bond motifs is 1. The molecule has 2 atom stereocenters. The Morgan fingerprint density at radius 3 is 2.57 bits per heavy atom. The minimum atomic E-state index is -1.15. The molecule has 2 aromatic rings. The fourth-order valence-electron chi connectivity index (χ4n) is 2.98. The van der Waals surface area contributed by atoms with Gasteiger partial charge in [-0.2, -0.15) is 0 Å². The average molecular weight is 386 g/mol. The summed E-state index contributed by atoms with van der Waals surface area (Å²) in [6, 6.07) is 11.9. The van der Waals surface area contributed by atoms with Crippen LogP contribution in [-0.2, 0) is 14.4 Å². The van der Waals surface area contributed by atoms with Crippen LogP contribution in [0.1, 0.15) is 18.4 Å². The van der Waals surface area contributed by atoms with Gasteiger partial charge in [-0.3, -0.25) is 19.3 Å². The lowest BCUT2D eigenvalue weighted by Gasteiger charge is -2.32. The summed E-state index contributed by atoms with van der Waals surface area (Å²) in [6.45, 7) is 1.15. The van der Waals surface area contributed by atoms with Gasteiger partial charge in [0.2, 0.25) is 5.91 Å². The van der Waals surface area contributed by atoms with Gasteiger partial charge in [0.15, 0.2) is 6.10 Å². The molecule has 7 nitrogen and oxygen atoms in total. The van der Waals surface area contributed by atoms with Crippen molar-refractivity contribution in [2.24, 2.45) is 0 Å². The van der Waals surface area contributed by atoms with E-state index in [0.717, 1.165) is 12.1 Å². The van der Waals surface area contributed by atoms with Crippen LogP contribution in [0.5, 0.6) is 5.75 Å². The molecule has 28 heavy (non-hydrogen) atoms. The molecule has 1 aliphatic rings. The number of carbonyl (C=O) groups excluding carboxylic acids is 2. The van der Waals surface area contributed by atoms with E-state index in [-0.39, 0.29) is 19.0 Å². The quantitative estimate of drug-likeness (QED) is 0.791. The number of carboxylic acid groups (broad SMARTS) is 1. The summed E-state index contributed by atoms with van der Waals surface area (Å²) in [4.78, 5) is 37.6. The van der Waals surface area contributed by atoms with E-state index in [1.54, 1.807) is 31.2 Å². The van der Waals surface area contributed by atoms with Gasteiger partial charge in [-0.15, -0.1) is 0 Å². The lowest BCUT2D eigenvalue weighted by molar-refractivity contribution is -0.138. The number of ether oxygens (including phenoxy) is 1. The van der Waals surface area contributed by atoms with Gasteiger partial charge in [-0.05, 0) is 36.8 Å². The molecule has 0 fully saturated rings. The first-order valence-electron chi connectivity index (χ1n) is 8.69. The molecule has 1 aliphatic heterocycles. The van der Waals surface area contributed by atoms with E-state index in [0.29, 0.717) is 17.0 Å². The fourth-order valence-corrected chi connectivity index (χ4v) is 2.98. The van der Waals surface area contributed by atoms with Gasteiger partial charge >= 0.3 is 5.97 Å². The third kappa shape index (κ3) is 4.11. The van der Waals surface area contributed by atoms with Crippen molar-refractivity contribution >= 4 is 23.5 Å². The van der Waals surface area contributed by atoms with Crippen molar-refractivity contribution in [2.75, 3.05) is 18.0 Å². The second kappa shape index (κ2) is 8.08. The molecule has 2 N–H and O–H groups in total. The molecule has 8 heteroatoms. The molecule has 0 saturated carbocycles. The highest BCUT2D eigenvalue weighted by Crippen LogP contribution is 2.33. The van der Waals surface area contributed by atoms with Crippen molar-refractivity contribution in [1.29, 1.82) is 0 Å². The number of hydrogen-bond acceptors (Lipinski definition) is 4. The summed E-state index contributed by atoms with van der Waals surface area (Å²) in [5.41, 5.74) is 0.852. The highest BCUT2D eigenvalue weighted by Gasteiger charge is 2.32. The van der Waals surface area contributed by atoms with Crippen LogP contribution in [0, 0.1) is 5.82 Å². The number of nitrogens with zero attached hydrogens (tertiary/aromatic N) is 1. The van der Waals surface area contributed by atoms with Crippen molar-refractivity contribution in [3.05, 3.63) is 59.9 Å². The molecule has 3 rings (SSSR count). The summed E-state index contributed by atoms with van der Waals surface area (Å²) in [5.74, 6) is -3.02. The summed E-state index contributed by atoms with van der Waals surface area (Å²) in [7, 11) is 0. The predicted molar refractivity (Wildman–Crippen MR) is 98.7 cm³/mol. The van der Waals surface area contributed by atoms with Gasteiger partial charge in [0, 0.05) is 6.54 Å². The molecule has 2 unspecified atom stereocenters. The molecule has 1 heterocycles. The monoisotopic (exact) mass is 386 g/mol. The van der Waals surface area contributed by atoms with E-state index in [1.807, 2.05) is 0 Å². The van der Waals surface area contributed by atoms with Crippen molar-refractivity contribution in [3.8, 4) is 5.75 Å². The SMILES string of the molecule is CC1Oc2ccccc2N(CC(=O)NCC(C(=O)O)c2ccc(F)cc2)C1=O. The smallest absolute Gasteiger partial charge is 0.312 e. The number of nitrogens with one attached hydrogen (secondary N) is 1. The molecule has 0 radical (unpaired) electrons. The Hall–Kier alpha value is -3.42. The van der Waals surface area contributed by atoms with Crippen LogP contribution in [-0.4, -0.2) is 42.1 Å². The summed E-state index contributed by atoms with van der Waals surface area (Å²) < 4.78 is 18.6. The Kier molecular flexibility index (Phi) is 5.58. The van der Waals surface area contributed by atoms with Crippen LogP contribution in [0.4, 0.5) is 10.1 Å². The number of para-hydroxylation sites is 2. The maximum Gasteiger partial charge on any atom is 0.312 e. The standard InChI is InChI=1S/C20H19FN2O5/c1-12-19(25)23(16-4-2-3-5-17(16)28-12)11-18(24)22-10-15(20(26)27)13-6-8-14(21)9-7-13/h2-9,12,15H,10-11H2,1H3,(H,22,24)(H,26,27). The van der Waals surface area contributed by atoms with Gasteiger partial charge in [-0.25, -0.2) is 4.39 Å². The van der Waals surface area contributed by atoms with Crippen LogP contribution in [0.25, 0.3) is 0 Å². The lowest BCUT2D eigenvalue weighted by atomic mass is 9.99. The highest BCUT2D eigenvalue weighted by atomic mass is 19.1. The Labute approximate surface area is 160 Å². The number of halogens is 1. The number of rotatable bonds is 6. The molecule has 146 valence electrons. The minimum Gasteiger partial charge on any atom is -0.481 e. The topological polar surface area (TPSA) is 95.9 Å². The minimum absolute atomic E-state index is 0.185. The summed E-state index contributed by atoms with van der Waals surface area (Å²) in [6.07, 6.45) is -0.728. The Balaban J connectivity index is 1.68. The molecule has 2 amide bonds. The Morgan fingerprint density at radius 2 is 1.89 bits per heavy atom. The van der Waals surface area contributed by atoms with E-state index >= 15 is 0 Å². The van der Waals surface area contributed by atoms with Gasteiger partial charge in [0.05, 0.1) is 11.6 Å². The lowest BCUT2D eigenvalue weighted by Crippen LogP contribution is -2.49. The first-order chi connectivity index (χ1) is 13.4. The van der Waals surface area contributed by atoms with Crippen LogP contribution >= 0.6 is 0 Å². The van der Waals surface area contributed by atoms with E-state index in [1.165, 1.54) is 17.0 Å². The zero-order chi connectivity index (χ0) is 20.3. The largest absolute Gasteiger partial charge is 0.481 e. The summed E-state index contributed by atoms with van der Waals surface area (Å²) >= 11 is 0. The van der Waals surface area contributed by atoms with Crippen LogP contribution in [0.2, 0.25) is 0 Å². The van der Waals surface area contributed by atoms with Crippen LogP contribution < -0.4 is 15.0 Å². The van der Waals surface area contributed by atoms with Crippen molar-refractivity contribution in [1.82, 2.24) is 5.32 Å². The normalized spacial score (nSPS) is 16.7. The number of carbonyl (C=O) groups is 3. The van der Waals surface area contributed by atoms with Crippen LogP contribution in [0.3, 0.4) is 0 Å². The van der Waals surface area contributed by atoms with Crippen molar-refractivity contribution < 1.29 is 28.6 Å². The maximum absolute atomic E-state index is 13.1. The molecule has 0 spiro atoms. The maximum atomic E-state index is 13.1. The first kappa shape index (κ1) is 19.3. The molecule has 0 saturated heterocycles. The first-order valence-corrected chi connectivity index (χ1v) is 8.69. The third-order valence-corrected chi connectivity index (χ3v) is 4.45. The van der Waals surface area contributed by atoms with Gasteiger partial charge in [0.1, 0.15) is 18.1 Å². The molecule has 0 aromatic heterocycles. The van der Waals surface area contributed by atoms with E-state index in [9.17, 15) is 23.9 Å². The number of benzene rings is 2. The van der Waals surface area contributed by atoms with Gasteiger partial charge < -0.3 is 15.2 Å². The van der Waals surface area contributed by atoms with E-state index < -0.39 is 29.7 Å². The van der Waals surface area contributed by atoms with E-state index in [4.69, 9.17) is 4.74 Å². The zero-order valence-electron chi connectivity index (χ0n) is 15.1. The number of carboxylic acids is 1. The molecule has 2 aromatic carbocycles. The van der Waals surface area contributed by atoms with E-state index in [2.05, 4.69) is 5.32 Å². The van der Waals surface area contributed by atoms with Gasteiger partial charge in [-0.1, -0.05) is 24.3 Å². The van der Waals surface area contributed by atoms with Crippen molar-refractivity contribution in [2.45, 2.75) is 18.9 Å². The molecular formula is C20H19FN2O5. The third-order valence-electron chi connectivity index (χ3n) is 4.45. The highest BCUT2D eigenvalue weighted by molar-refractivity contribution is 6.03. The molecule has 0 aliphatic carbocycles. The Morgan fingerprint density at radius 1 is 1.21 bits per heavy atom. The number of amides is 2. The van der Waals surface area contributed by atoms with Crippen LogP contribution in [0.15, 0.2) is 48.5 Å². The average Bonchev–Trinajstić information content (AvgIpc) is 2.66. The predicted octanol–water partition coefficient (Wildman–Crippen LogP) is 1.92. The number of hydrogen-bond donors (Lipinski definition) is 2. The van der Waals surface area contributed by atoms with Crippen molar-refractivity contribution in [3.63, 3.8) is 0 Å². The number of anilines is 1. The molecule has 0 bridgehead atoms. The fraction of sp³-hybridized carbons (Fsp3) is 0.250. The summed E-state index contributed by atoms with van der Waals surface area (Å²) in [5, 5.41) is 12.0. The van der Waals surface area contributed by atoms with Gasteiger partial charge in [0.25, 0.3) is 5.91 Å².